The number of benzene rings is 2. The van der Waals surface area contributed by atoms with Crippen molar-refractivity contribution < 1.29 is 19.1 Å². The molecule has 0 heterocycles. The number of rotatable bonds is 6. The smallest absolute Gasteiger partial charge is 0.256 e. The minimum atomic E-state index is -0.513. The fourth-order valence-corrected chi connectivity index (χ4v) is 2.34. The van der Waals surface area contributed by atoms with E-state index in [1.165, 1.54) is 7.11 Å². The van der Waals surface area contributed by atoms with Crippen LogP contribution in [-0.4, -0.2) is 26.0 Å². The predicted octanol–water partition coefficient (Wildman–Crippen LogP) is 2.62. The molecule has 0 aliphatic rings. The van der Waals surface area contributed by atoms with E-state index in [0.29, 0.717) is 34.7 Å². The molecular formula is C18H20N2O4. The third kappa shape index (κ3) is 3.65. The molecule has 0 aliphatic heterocycles. The van der Waals surface area contributed by atoms with E-state index in [2.05, 4.69) is 5.32 Å². The van der Waals surface area contributed by atoms with Crippen molar-refractivity contribution in [3.05, 3.63) is 53.1 Å². The average Bonchev–Trinajstić information content (AvgIpc) is 2.60. The molecule has 0 fully saturated rings. The zero-order chi connectivity index (χ0) is 17.7. The standard InChI is InChI=1S/C18H20N2O4/c1-4-11-9-15(23-2)16(24-3)10-14(11)18(22)20-13-7-5-12(6-8-13)17(19)21/h5-10H,4H2,1-3H3,(H2,19,21)(H,20,22). The second-order valence-electron chi connectivity index (χ2n) is 5.11. The maximum atomic E-state index is 12.6. The highest BCUT2D eigenvalue weighted by atomic mass is 16.5. The molecule has 2 amide bonds. The topological polar surface area (TPSA) is 90.7 Å². The largest absolute Gasteiger partial charge is 0.493 e. The van der Waals surface area contributed by atoms with Gasteiger partial charge in [-0.3, -0.25) is 9.59 Å². The van der Waals surface area contributed by atoms with Crippen molar-refractivity contribution in [3.63, 3.8) is 0 Å². The lowest BCUT2D eigenvalue weighted by Crippen LogP contribution is -2.15. The van der Waals surface area contributed by atoms with Crippen molar-refractivity contribution in [2.24, 2.45) is 5.73 Å². The summed E-state index contributed by atoms with van der Waals surface area (Å²) in [4.78, 5) is 23.7. The van der Waals surface area contributed by atoms with Crippen molar-refractivity contribution in [1.29, 1.82) is 0 Å². The van der Waals surface area contributed by atoms with E-state index in [9.17, 15) is 9.59 Å². The van der Waals surface area contributed by atoms with Gasteiger partial charge in [0.15, 0.2) is 11.5 Å². The second-order valence-corrected chi connectivity index (χ2v) is 5.11. The highest BCUT2D eigenvalue weighted by Crippen LogP contribution is 2.31. The summed E-state index contributed by atoms with van der Waals surface area (Å²) in [6.07, 6.45) is 0.670. The Morgan fingerprint density at radius 3 is 2.12 bits per heavy atom. The number of nitrogens with two attached hydrogens (primary N) is 1. The molecular weight excluding hydrogens is 308 g/mol. The van der Waals surface area contributed by atoms with E-state index in [4.69, 9.17) is 15.2 Å². The number of carbonyl (C=O) groups excluding carboxylic acids is 2. The lowest BCUT2D eigenvalue weighted by Gasteiger charge is -2.14. The minimum Gasteiger partial charge on any atom is -0.493 e. The van der Waals surface area contributed by atoms with Gasteiger partial charge in [-0.25, -0.2) is 0 Å². The van der Waals surface area contributed by atoms with Crippen LogP contribution in [0.15, 0.2) is 36.4 Å². The average molecular weight is 328 g/mol. The van der Waals surface area contributed by atoms with E-state index in [1.807, 2.05) is 6.92 Å². The van der Waals surface area contributed by atoms with Gasteiger partial charge in [0.1, 0.15) is 0 Å². The molecule has 0 aromatic heterocycles. The summed E-state index contributed by atoms with van der Waals surface area (Å²) in [6, 6.07) is 9.84. The Labute approximate surface area is 140 Å². The lowest BCUT2D eigenvalue weighted by molar-refractivity contribution is 0.0998. The number of hydrogen-bond donors (Lipinski definition) is 2. The summed E-state index contributed by atoms with van der Waals surface area (Å²) in [5, 5.41) is 2.80. The summed E-state index contributed by atoms with van der Waals surface area (Å²) in [6.45, 7) is 1.96. The molecule has 0 aliphatic carbocycles. The van der Waals surface area contributed by atoms with Crippen LogP contribution in [0.1, 0.15) is 33.2 Å². The molecule has 126 valence electrons. The monoisotopic (exact) mass is 328 g/mol. The van der Waals surface area contributed by atoms with Gasteiger partial charge in [-0.1, -0.05) is 6.92 Å². The molecule has 0 saturated heterocycles. The van der Waals surface area contributed by atoms with Gasteiger partial charge in [0, 0.05) is 16.8 Å². The molecule has 2 aromatic rings. The van der Waals surface area contributed by atoms with Gasteiger partial charge in [0.05, 0.1) is 14.2 Å². The normalized spacial score (nSPS) is 10.1. The number of ether oxygens (including phenoxy) is 2. The summed E-state index contributed by atoms with van der Waals surface area (Å²) < 4.78 is 10.5. The number of nitrogens with one attached hydrogen (secondary N) is 1. The van der Waals surface area contributed by atoms with Crippen molar-refractivity contribution >= 4 is 17.5 Å². The number of hydrogen-bond acceptors (Lipinski definition) is 4. The van der Waals surface area contributed by atoms with E-state index in [1.54, 1.807) is 43.5 Å². The molecule has 0 unspecified atom stereocenters. The molecule has 3 N–H and O–H groups in total. The molecule has 0 bridgehead atoms. The Morgan fingerprint density at radius 1 is 1.04 bits per heavy atom. The zero-order valence-corrected chi connectivity index (χ0v) is 13.9. The van der Waals surface area contributed by atoms with Crippen LogP contribution in [0.3, 0.4) is 0 Å². The highest BCUT2D eigenvalue weighted by Gasteiger charge is 2.16. The van der Waals surface area contributed by atoms with Gasteiger partial charge in [-0.2, -0.15) is 0 Å². The third-order valence-corrected chi connectivity index (χ3v) is 3.66. The fourth-order valence-electron chi connectivity index (χ4n) is 2.34. The molecule has 2 rings (SSSR count). The Balaban J connectivity index is 2.30. The van der Waals surface area contributed by atoms with Gasteiger partial charge < -0.3 is 20.5 Å². The minimum absolute atomic E-state index is 0.264. The van der Waals surface area contributed by atoms with Crippen LogP contribution in [0.5, 0.6) is 11.5 Å². The first-order valence-corrected chi connectivity index (χ1v) is 7.46. The van der Waals surface area contributed by atoms with Gasteiger partial charge in [-0.05, 0) is 48.4 Å². The maximum Gasteiger partial charge on any atom is 0.256 e. The SMILES string of the molecule is CCc1cc(OC)c(OC)cc1C(=O)Nc1ccc(C(N)=O)cc1. The van der Waals surface area contributed by atoms with Gasteiger partial charge in [0.2, 0.25) is 5.91 Å². The van der Waals surface area contributed by atoms with E-state index >= 15 is 0 Å². The van der Waals surface area contributed by atoms with Crippen molar-refractivity contribution in [2.45, 2.75) is 13.3 Å². The highest BCUT2D eigenvalue weighted by molar-refractivity contribution is 6.06. The Kier molecular flexibility index (Phi) is 5.42. The van der Waals surface area contributed by atoms with Crippen LogP contribution in [0, 0.1) is 0 Å². The predicted molar refractivity (Wildman–Crippen MR) is 91.8 cm³/mol. The molecule has 6 heteroatoms. The molecule has 0 saturated carbocycles. The second kappa shape index (κ2) is 7.50. The van der Waals surface area contributed by atoms with E-state index in [-0.39, 0.29) is 5.91 Å². The number of anilines is 1. The summed E-state index contributed by atoms with van der Waals surface area (Å²) in [7, 11) is 3.07. The number of amides is 2. The molecule has 6 nitrogen and oxygen atoms in total. The zero-order valence-electron chi connectivity index (χ0n) is 13.9. The first kappa shape index (κ1) is 17.3. The maximum absolute atomic E-state index is 12.6. The van der Waals surface area contributed by atoms with Crippen molar-refractivity contribution in [2.75, 3.05) is 19.5 Å². The Hall–Kier alpha value is -3.02. The fraction of sp³-hybridized carbons (Fsp3) is 0.222. The van der Waals surface area contributed by atoms with Crippen molar-refractivity contribution in [3.8, 4) is 11.5 Å². The first-order chi connectivity index (χ1) is 11.5. The molecule has 2 aromatic carbocycles. The number of carbonyl (C=O) groups is 2. The van der Waals surface area contributed by atoms with Crippen LogP contribution in [0.2, 0.25) is 0 Å². The number of methoxy groups -OCH3 is 2. The van der Waals surface area contributed by atoms with Crippen LogP contribution < -0.4 is 20.5 Å². The van der Waals surface area contributed by atoms with Gasteiger partial charge in [-0.15, -0.1) is 0 Å². The molecule has 24 heavy (non-hydrogen) atoms. The van der Waals surface area contributed by atoms with E-state index in [0.717, 1.165) is 5.56 Å². The number of primary amides is 1. The molecule has 0 radical (unpaired) electrons. The summed E-state index contributed by atoms with van der Waals surface area (Å²) >= 11 is 0. The lowest BCUT2D eigenvalue weighted by atomic mass is 10.0. The molecule has 0 spiro atoms. The van der Waals surface area contributed by atoms with Crippen LogP contribution in [-0.2, 0) is 6.42 Å². The third-order valence-electron chi connectivity index (χ3n) is 3.66. The number of aryl methyl sites for hydroxylation is 1. The van der Waals surface area contributed by atoms with Gasteiger partial charge >= 0.3 is 0 Å². The summed E-state index contributed by atoms with van der Waals surface area (Å²) in [5.41, 5.74) is 7.51. The Morgan fingerprint density at radius 2 is 1.62 bits per heavy atom. The van der Waals surface area contributed by atoms with Crippen LogP contribution >= 0.6 is 0 Å². The van der Waals surface area contributed by atoms with Crippen molar-refractivity contribution in [1.82, 2.24) is 0 Å². The van der Waals surface area contributed by atoms with E-state index < -0.39 is 5.91 Å². The summed E-state index contributed by atoms with van der Waals surface area (Å²) in [5.74, 6) is 0.293. The Bertz CT molecular complexity index is 754. The van der Waals surface area contributed by atoms with Crippen LogP contribution in [0.4, 0.5) is 5.69 Å². The first-order valence-electron chi connectivity index (χ1n) is 7.46. The molecule has 0 atom stereocenters. The van der Waals surface area contributed by atoms with Gasteiger partial charge in [0.25, 0.3) is 5.91 Å². The quantitative estimate of drug-likeness (QED) is 0.853. The van der Waals surface area contributed by atoms with Crippen LogP contribution in [0.25, 0.3) is 0 Å².